The molecule has 0 radical (unpaired) electrons. The van der Waals surface area contributed by atoms with E-state index in [1.807, 2.05) is 0 Å². The molecule has 1 atom stereocenters. The Kier molecular flexibility index (Phi) is 3.02. The molecule has 1 aromatic carbocycles. The minimum absolute atomic E-state index is 0.174. The molecule has 2 nitrogen and oxygen atoms in total. The van der Waals surface area contributed by atoms with Crippen molar-refractivity contribution in [3.63, 3.8) is 0 Å². The van der Waals surface area contributed by atoms with Crippen molar-refractivity contribution in [1.29, 1.82) is 0 Å². The van der Waals surface area contributed by atoms with Gasteiger partial charge < -0.3 is 10.5 Å². The van der Waals surface area contributed by atoms with Crippen molar-refractivity contribution in [1.82, 2.24) is 0 Å². The second kappa shape index (κ2) is 4.54. The fourth-order valence-electron chi connectivity index (χ4n) is 3.50. The molecule has 3 heteroatoms. The monoisotopic (exact) mass is 249 g/mol. The molecule has 0 bridgehead atoms. The highest BCUT2D eigenvalue weighted by Gasteiger charge is 2.37. The molecule has 1 saturated carbocycles. The summed E-state index contributed by atoms with van der Waals surface area (Å²) in [7, 11) is 0. The summed E-state index contributed by atoms with van der Waals surface area (Å²) in [5, 5.41) is 0. The van der Waals surface area contributed by atoms with E-state index in [9.17, 15) is 4.39 Å². The van der Waals surface area contributed by atoms with Crippen LogP contribution in [0.2, 0.25) is 0 Å². The van der Waals surface area contributed by atoms with Gasteiger partial charge in [-0.15, -0.1) is 0 Å². The zero-order valence-corrected chi connectivity index (χ0v) is 10.6. The summed E-state index contributed by atoms with van der Waals surface area (Å²) in [6.07, 6.45) is 7.02. The summed E-state index contributed by atoms with van der Waals surface area (Å²) in [5.74, 6) is 0.680. The first kappa shape index (κ1) is 12.0. The fraction of sp³-hybridized carbons (Fsp3) is 0.600. The van der Waals surface area contributed by atoms with E-state index < -0.39 is 0 Å². The van der Waals surface area contributed by atoms with Crippen LogP contribution in [0, 0.1) is 11.2 Å². The number of fused-ring (bicyclic) bond motifs is 1. The molecular formula is C15H20FNO. The van der Waals surface area contributed by atoms with Gasteiger partial charge >= 0.3 is 0 Å². The average molecular weight is 249 g/mol. The maximum atomic E-state index is 13.2. The van der Waals surface area contributed by atoms with Crippen LogP contribution in [0.4, 0.5) is 4.39 Å². The topological polar surface area (TPSA) is 35.2 Å². The van der Waals surface area contributed by atoms with Gasteiger partial charge in [0.1, 0.15) is 17.7 Å². The molecule has 0 amide bonds. The quantitative estimate of drug-likeness (QED) is 0.893. The highest BCUT2D eigenvalue weighted by molar-refractivity contribution is 5.37. The molecule has 98 valence electrons. The van der Waals surface area contributed by atoms with Crippen LogP contribution in [0.5, 0.6) is 5.75 Å². The van der Waals surface area contributed by atoms with Gasteiger partial charge in [-0.2, -0.15) is 0 Å². The third-order valence-electron chi connectivity index (χ3n) is 4.52. The lowest BCUT2D eigenvalue weighted by Gasteiger charge is -2.29. The molecule has 1 heterocycles. The molecule has 2 N–H and O–H groups in total. The molecule has 1 aliphatic heterocycles. The SMILES string of the molecule is NCC1(CC2Cc3cc(F)ccc3O2)CCCC1. The van der Waals surface area contributed by atoms with Crippen molar-refractivity contribution in [3.05, 3.63) is 29.6 Å². The van der Waals surface area contributed by atoms with E-state index in [1.54, 1.807) is 12.1 Å². The van der Waals surface area contributed by atoms with E-state index in [0.717, 1.165) is 30.7 Å². The van der Waals surface area contributed by atoms with Crippen LogP contribution in [0.1, 0.15) is 37.7 Å². The standard InChI is InChI=1S/C15H20FNO/c16-12-3-4-14-11(7-12)8-13(18-14)9-15(10-17)5-1-2-6-15/h3-4,7,13H,1-2,5-6,8-10,17H2. The van der Waals surface area contributed by atoms with E-state index in [0.29, 0.717) is 0 Å². The van der Waals surface area contributed by atoms with Gasteiger partial charge in [-0.3, -0.25) is 0 Å². The summed E-state index contributed by atoms with van der Waals surface area (Å²) >= 11 is 0. The Labute approximate surface area is 107 Å². The van der Waals surface area contributed by atoms with Crippen molar-refractivity contribution in [2.75, 3.05) is 6.54 Å². The van der Waals surface area contributed by atoms with Crippen molar-refractivity contribution >= 4 is 0 Å². The molecule has 0 saturated heterocycles. The molecule has 1 unspecified atom stereocenters. The van der Waals surface area contributed by atoms with Crippen LogP contribution in [0.25, 0.3) is 0 Å². The van der Waals surface area contributed by atoms with Crippen LogP contribution in [0.15, 0.2) is 18.2 Å². The number of ether oxygens (including phenoxy) is 1. The van der Waals surface area contributed by atoms with E-state index in [-0.39, 0.29) is 17.3 Å². The Bertz CT molecular complexity index is 440. The minimum atomic E-state index is -0.174. The van der Waals surface area contributed by atoms with Gasteiger partial charge in [-0.05, 0) is 49.4 Å². The Balaban J connectivity index is 1.70. The van der Waals surface area contributed by atoms with Crippen LogP contribution >= 0.6 is 0 Å². The summed E-state index contributed by atoms with van der Waals surface area (Å²) in [5.41, 5.74) is 7.23. The zero-order chi connectivity index (χ0) is 12.6. The minimum Gasteiger partial charge on any atom is -0.490 e. The molecule has 18 heavy (non-hydrogen) atoms. The van der Waals surface area contributed by atoms with Crippen molar-refractivity contribution < 1.29 is 9.13 Å². The highest BCUT2D eigenvalue weighted by atomic mass is 19.1. The molecule has 3 rings (SSSR count). The maximum absolute atomic E-state index is 13.2. The Morgan fingerprint density at radius 1 is 1.33 bits per heavy atom. The molecule has 1 aliphatic carbocycles. The third-order valence-corrected chi connectivity index (χ3v) is 4.52. The summed E-state index contributed by atoms with van der Waals surface area (Å²) in [4.78, 5) is 0. The molecule has 0 aromatic heterocycles. The lowest BCUT2D eigenvalue weighted by Crippen LogP contribution is -2.33. The van der Waals surface area contributed by atoms with Crippen molar-refractivity contribution in [2.24, 2.45) is 11.1 Å². The van der Waals surface area contributed by atoms with E-state index in [1.165, 1.54) is 31.7 Å². The predicted octanol–water partition coefficient (Wildman–Crippen LogP) is 3.04. The lowest BCUT2D eigenvalue weighted by atomic mass is 9.80. The van der Waals surface area contributed by atoms with Gasteiger partial charge in [-0.25, -0.2) is 4.39 Å². The van der Waals surface area contributed by atoms with Crippen LogP contribution < -0.4 is 10.5 Å². The first-order valence-electron chi connectivity index (χ1n) is 6.86. The average Bonchev–Trinajstić information content (AvgIpc) is 2.96. The van der Waals surface area contributed by atoms with E-state index >= 15 is 0 Å². The Morgan fingerprint density at radius 2 is 2.11 bits per heavy atom. The van der Waals surface area contributed by atoms with Gasteiger partial charge in [0.15, 0.2) is 0 Å². The number of hydrogen-bond acceptors (Lipinski definition) is 2. The predicted molar refractivity (Wildman–Crippen MR) is 69.1 cm³/mol. The second-order valence-corrected chi connectivity index (χ2v) is 5.81. The van der Waals surface area contributed by atoms with Crippen LogP contribution in [-0.4, -0.2) is 12.6 Å². The van der Waals surface area contributed by atoms with Crippen LogP contribution in [0.3, 0.4) is 0 Å². The fourth-order valence-corrected chi connectivity index (χ4v) is 3.50. The van der Waals surface area contributed by atoms with Crippen molar-refractivity contribution in [2.45, 2.75) is 44.6 Å². The first-order chi connectivity index (χ1) is 8.71. The number of rotatable bonds is 3. The van der Waals surface area contributed by atoms with Gasteiger partial charge in [0.05, 0.1) is 0 Å². The van der Waals surface area contributed by atoms with Crippen molar-refractivity contribution in [3.8, 4) is 5.75 Å². The molecule has 1 fully saturated rings. The first-order valence-corrected chi connectivity index (χ1v) is 6.86. The van der Waals surface area contributed by atoms with Gasteiger partial charge in [0, 0.05) is 12.0 Å². The number of benzene rings is 1. The second-order valence-electron chi connectivity index (χ2n) is 5.81. The number of nitrogens with two attached hydrogens (primary N) is 1. The van der Waals surface area contributed by atoms with E-state index in [4.69, 9.17) is 10.5 Å². The summed E-state index contributed by atoms with van der Waals surface area (Å²) < 4.78 is 19.1. The van der Waals surface area contributed by atoms with Gasteiger partial charge in [0.2, 0.25) is 0 Å². The number of hydrogen-bond donors (Lipinski definition) is 1. The molecular weight excluding hydrogens is 229 g/mol. The molecule has 1 aromatic rings. The third kappa shape index (κ3) is 2.12. The highest BCUT2D eigenvalue weighted by Crippen LogP contribution is 2.43. The maximum Gasteiger partial charge on any atom is 0.123 e. The van der Waals surface area contributed by atoms with Gasteiger partial charge in [-0.1, -0.05) is 12.8 Å². The van der Waals surface area contributed by atoms with Crippen LogP contribution in [-0.2, 0) is 6.42 Å². The number of halogens is 1. The Morgan fingerprint density at radius 3 is 2.83 bits per heavy atom. The Hall–Kier alpha value is -1.09. The summed E-state index contributed by atoms with van der Waals surface area (Å²) in [6.45, 7) is 0.748. The molecule has 2 aliphatic rings. The lowest BCUT2D eigenvalue weighted by molar-refractivity contribution is 0.141. The largest absolute Gasteiger partial charge is 0.490 e. The van der Waals surface area contributed by atoms with Gasteiger partial charge in [0.25, 0.3) is 0 Å². The summed E-state index contributed by atoms with van der Waals surface area (Å²) in [6, 6.07) is 4.81. The smallest absolute Gasteiger partial charge is 0.123 e. The van der Waals surface area contributed by atoms with E-state index in [2.05, 4.69) is 0 Å². The zero-order valence-electron chi connectivity index (χ0n) is 10.6. The normalized spacial score (nSPS) is 24.9. The molecule has 0 spiro atoms.